The fourth-order valence-electron chi connectivity index (χ4n) is 8.15. The number of aliphatic hydroxyl groups is 1. The summed E-state index contributed by atoms with van der Waals surface area (Å²) in [4.78, 5) is 48.5. The average Bonchev–Trinajstić information content (AvgIpc) is 3.37. The molecule has 12 heteroatoms. The molecule has 0 aliphatic heterocycles. The molecule has 2 N–H and O–H groups in total. The van der Waals surface area contributed by atoms with E-state index in [4.69, 9.17) is 23.3 Å². The van der Waals surface area contributed by atoms with Gasteiger partial charge in [0, 0.05) is 19.3 Å². The van der Waals surface area contributed by atoms with Gasteiger partial charge in [-0.3, -0.25) is 23.4 Å². The summed E-state index contributed by atoms with van der Waals surface area (Å²) in [6.07, 6.45) is 57.8. The highest BCUT2D eigenvalue weighted by molar-refractivity contribution is 7.47. The fourth-order valence-corrected chi connectivity index (χ4v) is 8.93. The van der Waals surface area contributed by atoms with Crippen LogP contribution in [0.4, 0.5) is 0 Å². The summed E-state index contributed by atoms with van der Waals surface area (Å²) in [7, 11) is -4.75. The highest BCUT2D eigenvalue weighted by atomic mass is 31.2. The largest absolute Gasteiger partial charge is 0.472 e. The van der Waals surface area contributed by atoms with Crippen LogP contribution in [0.3, 0.4) is 0 Å². The molecule has 420 valence electrons. The van der Waals surface area contributed by atoms with Crippen LogP contribution in [0.5, 0.6) is 0 Å². The van der Waals surface area contributed by atoms with Gasteiger partial charge in [-0.2, -0.15) is 0 Å². The number of rotatable bonds is 55. The Morgan fingerprint density at radius 2 is 0.708 bits per heavy atom. The number of hydrogen-bond acceptors (Lipinski definition) is 10. The molecule has 0 saturated heterocycles. The predicted octanol–water partition coefficient (Wildman–Crippen LogP) is 17.4. The van der Waals surface area contributed by atoms with Gasteiger partial charge in [0.1, 0.15) is 12.7 Å². The van der Waals surface area contributed by atoms with Crippen LogP contribution >= 0.6 is 7.82 Å². The lowest BCUT2D eigenvalue weighted by molar-refractivity contribution is -0.161. The third-order valence-corrected chi connectivity index (χ3v) is 13.6. The lowest BCUT2D eigenvalue weighted by Gasteiger charge is -2.21. The number of hydrogen-bond donors (Lipinski definition) is 2. The van der Waals surface area contributed by atoms with Gasteiger partial charge in [-0.25, -0.2) is 4.57 Å². The number of aliphatic hydroxyl groups excluding tert-OH is 1. The molecule has 0 aromatic rings. The van der Waals surface area contributed by atoms with Crippen LogP contribution in [0.2, 0.25) is 0 Å². The topological polar surface area (TPSA) is 155 Å². The molecule has 0 aromatic heterocycles. The summed E-state index contributed by atoms with van der Waals surface area (Å²) in [6, 6.07) is 0. The van der Waals surface area contributed by atoms with Crippen LogP contribution < -0.4 is 0 Å². The lowest BCUT2D eigenvalue weighted by atomic mass is 10.1. The van der Waals surface area contributed by atoms with E-state index < -0.39 is 57.8 Å². The molecule has 0 aromatic carbocycles. The molecular formula is C60H109O11P. The predicted molar refractivity (Wildman–Crippen MR) is 298 cm³/mol. The summed E-state index contributed by atoms with van der Waals surface area (Å²) >= 11 is 0. The molecule has 3 atom stereocenters. The maximum atomic E-state index is 12.9. The van der Waals surface area contributed by atoms with Gasteiger partial charge in [-0.15, -0.1) is 0 Å². The van der Waals surface area contributed by atoms with E-state index in [-0.39, 0.29) is 25.9 Å². The number of ether oxygens (including phenoxy) is 3. The first-order valence-electron chi connectivity index (χ1n) is 29.5. The van der Waals surface area contributed by atoms with Gasteiger partial charge >= 0.3 is 25.7 Å². The minimum absolute atomic E-state index is 0.152. The van der Waals surface area contributed by atoms with E-state index in [9.17, 15) is 28.9 Å². The molecule has 0 amide bonds. The van der Waals surface area contributed by atoms with Crippen LogP contribution in [0.1, 0.15) is 278 Å². The van der Waals surface area contributed by atoms with Crippen molar-refractivity contribution in [2.24, 2.45) is 0 Å². The van der Waals surface area contributed by atoms with Crippen LogP contribution in [0, 0.1) is 0 Å². The normalized spacial score (nSPS) is 13.7. The monoisotopic (exact) mass is 1040 g/mol. The Morgan fingerprint density at radius 3 is 1.11 bits per heavy atom. The first kappa shape index (κ1) is 69.4. The fraction of sp³-hybridized carbons (Fsp3) is 0.817. The number of esters is 3. The van der Waals surface area contributed by atoms with Gasteiger partial charge in [0.05, 0.1) is 19.8 Å². The Labute approximate surface area is 441 Å². The minimum Gasteiger partial charge on any atom is -0.462 e. The Morgan fingerprint density at radius 1 is 0.389 bits per heavy atom. The Balaban J connectivity index is 4.68. The molecule has 72 heavy (non-hydrogen) atoms. The second-order valence-corrected chi connectivity index (χ2v) is 21.3. The molecule has 0 aliphatic rings. The van der Waals surface area contributed by atoms with Gasteiger partial charge in [0.2, 0.25) is 0 Å². The number of carbonyl (C=O) groups excluding carboxylic acids is 3. The summed E-state index contributed by atoms with van der Waals surface area (Å²) in [6.45, 7) is 4.56. The van der Waals surface area contributed by atoms with Crippen LogP contribution in [-0.2, 0) is 42.2 Å². The van der Waals surface area contributed by atoms with Crippen molar-refractivity contribution in [1.82, 2.24) is 0 Å². The SMILES string of the molecule is CCC/C=C\C/C=C\CCCCCCCC(=O)OC(COC(=O)CCCCCCCCCCC/C=C\CCCCCCCC)COP(=O)(O)OCC(CO)OC(=O)CCCCCCC/C=C\CCCCCC. The maximum Gasteiger partial charge on any atom is 0.472 e. The highest BCUT2D eigenvalue weighted by Gasteiger charge is 2.28. The molecule has 0 bridgehead atoms. The first-order chi connectivity index (χ1) is 35.2. The molecule has 0 radical (unpaired) electrons. The van der Waals surface area contributed by atoms with E-state index in [1.165, 1.54) is 109 Å². The van der Waals surface area contributed by atoms with Crippen LogP contribution in [0.15, 0.2) is 48.6 Å². The Hall–Kier alpha value is -2.56. The van der Waals surface area contributed by atoms with Crippen molar-refractivity contribution in [1.29, 1.82) is 0 Å². The number of phosphoric acid groups is 1. The Bertz CT molecular complexity index is 1400. The third kappa shape index (κ3) is 52.3. The number of allylic oxidation sites excluding steroid dienone is 8. The summed E-state index contributed by atoms with van der Waals surface area (Å²) in [5.41, 5.74) is 0. The van der Waals surface area contributed by atoms with Crippen molar-refractivity contribution in [2.75, 3.05) is 26.4 Å². The van der Waals surface area contributed by atoms with Crippen molar-refractivity contribution in [3.63, 3.8) is 0 Å². The van der Waals surface area contributed by atoms with E-state index in [1.54, 1.807) is 0 Å². The quantitative estimate of drug-likeness (QED) is 0.0197. The van der Waals surface area contributed by atoms with E-state index in [0.717, 1.165) is 109 Å². The summed E-state index contributed by atoms with van der Waals surface area (Å²) < 4.78 is 39.5. The Kier molecular flexibility index (Phi) is 52.7. The highest BCUT2D eigenvalue weighted by Crippen LogP contribution is 2.43. The molecule has 0 heterocycles. The smallest absolute Gasteiger partial charge is 0.462 e. The van der Waals surface area contributed by atoms with E-state index >= 15 is 0 Å². The van der Waals surface area contributed by atoms with Crippen LogP contribution in [-0.4, -0.2) is 66.5 Å². The van der Waals surface area contributed by atoms with E-state index in [2.05, 4.69) is 69.4 Å². The summed E-state index contributed by atoms with van der Waals surface area (Å²) in [5, 5.41) is 9.80. The van der Waals surface area contributed by atoms with Gasteiger partial charge in [0.15, 0.2) is 6.10 Å². The molecule has 11 nitrogen and oxygen atoms in total. The number of carbonyl (C=O) groups is 3. The third-order valence-electron chi connectivity index (χ3n) is 12.7. The molecule has 0 rings (SSSR count). The zero-order valence-corrected chi connectivity index (χ0v) is 47.3. The number of unbranched alkanes of at least 4 members (excludes halogenated alkanes) is 30. The second kappa shape index (κ2) is 54.7. The van der Waals surface area contributed by atoms with Gasteiger partial charge < -0.3 is 24.2 Å². The lowest BCUT2D eigenvalue weighted by Crippen LogP contribution is -2.30. The molecule has 0 aliphatic carbocycles. The maximum absolute atomic E-state index is 12.9. The van der Waals surface area contributed by atoms with Gasteiger partial charge in [-0.05, 0) is 96.3 Å². The molecule has 0 spiro atoms. The average molecular weight is 1040 g/mol. The van der Waals surface area contributed by atoms with Crippen molar-refractivity contribution in [2.45, 2.75) is 290 Å². The number of phosphoric ester groups is 1. The zero-order chi connectivity index (χ0) is 52.7. The summed E-state index contributed by atoms with van der Waals surface area (Å²) in [5.74, 6) is -1.48. The molecule has 0 saturated carbocycles. The van der Waals surface area contributed by atoms with Crippen LogP contribution in [0.25, 0.3) is 0 Å². The van der Waals surface area contributed by atoms with Crippen molar-refractivity contribution in [3.8, 4) is 0 Å². The minimum atomic E-state index is -4.75. The van der Waals surface area contributed by atoms with Crippen molar-refractivity contribution in [3.05, 3.63) is 48.6 Å². The first-order valence-corrected chi connectivity index (χ1v) is 31.0. The molecular weight excluding hydrogens is 928 g/mol. The standard InChI is InChI=1S/C60H109O11P/c1-4-7-10-13-16-19-22-25-26-27-28-29-30-33-34-37-40-43-46-49-58(62)67-53-57(71-60(64)51-48-45-42-39-36-32-24-21-18-15-12-9-6-3)55-69-72(65,66)68-54-56(52-61)70-59(63)50-47-44-41-38-35-31-23-20-17-14-11-8-5-2/h12,15,20-21,23-26,56-57,61H,4-11,13-14,16-19,22,27-55H2,1-3H3,(H,65,66)/b15-12-,23-20-,24-21-,26-25-. The molecule has 0 fully saturated rings. The van der Waals surface area contributed by atoms with Crippen molar-refractivity contribution >= 4 is 25.7 Å². The van der Waals surface area contributed by atoms with Gasteiger partial charge in [0.25, 0.3) is 0 Å². The molecule has 3 unspecified atom stereocenters. The second-order valence-electron chi connectivity index (χ2n) is 19.8. The van der Waals surface area contributed by atoms with E-state index in [0.29, 0.717) is 19.3 Å². The zero-order valence-electron chi connectivity index (χ0n) is 46.4. The van der Waals surface area contributed by atoms with Crippen molar-refractivity contribution < 1.29 is 52.2 Å². The van der Waals surface area contributed by atoms with Gasteiger partial charge in [-0.1, -0.05) is 211 Å². The van der Waals surface area contributed by atoms with E-state index in [1.807, 2.05) is 0 Å².